The minimum atomic E-state index is -0.0982. The summed E-state index contributed by atoms with van der Waals surface area (Å²) in [6.07, 6.45) is 0. The van der Waals surface area contributed by atoms with Crippen molar-refractivity contribution in [3.8, 4) is 11.5 Å². The van der Waals surface area contributed by atoms with Gasteiger partial charge >= 0.3 is 0 Å². The van der Waals surface area contributed by atoms with E-state index >= 15 is 0 Å². The predicted molar refractivity (Wildman–Crippen MR) is 93.0 cm³/mol. The lowest BCUT2D eigenvalue weighted by Gasteiger charge is -2.33. The quantitative estimate of drug-likeness (QED) is 0.857. The number of carbonyl (C=O) groups excluding carboxylic acids is 1. The molecule has 1 unspecified atom stereocenters. The molecule has 0 aromatic heterocycles. The van der Waals surface area contributed by atoms with Crippen LogP contribution in [0, 0.1) is 0 Å². The second-order valence-corrected chi connectivity index (χ2v) is 6.83. The van der Waals surface area contributed by atoms with Gasteiger partial charge in [0.25, 0.3) is 5.91 Å². The van der Waals surface area contributed by atoms with Crippen LogP contribution in [0.5, 0.6) is 11.5 Å². The third-order valence-corrected chi connectivity index (χ3v) is 4.96. The van der Waals surface area contributed by atoms with Crippen molar-refractivity contribution in [2.75, 3.05) is 25.7 Å². The van der Waals surface area contributed by atoms with Gasteiger partial charge < -0.3 is 14.4 Å². The largest absolute Gasteiger partial charge is 0.496 e. The highest BCUT2D eigenvalue weighted by Crippen LogP contribution is 2.40. The molecule has 1 aliphatic rings. The number of benzene rings is 2. The Labute approximate surface area is 140 Å². The Morgan fingerprint density at radius 1 is 1.09 bits per heavy atom. The van der Waals surface area contributed by atoms with Gasteiger partial charge in [-0.1, -0.05) is 25.1 Å². The molecule has 1 atom stereocenters. The van der Waals surface area contributed by atoms with Gasteiger partial charge in [0, 0.05) is 16.7 Å². The smallest absolute Gasteiger partial charge is 0.265 e. The molecular weight excluding hydrogens is 310 g/mol. The maximum atomic E-state index is 13.2. The minimum absolute atomic E-state index is 0.0982. The fraction of sp³-hybridized carbons (Fsp3) is 0.278. The molecular formula is C18H19NO3S. The summed E-state index contributed by atoms with van der Waals surface area (Å²) >= 11 is 1.79. The summed E-state index contributed by atoms with van der Waals surface area (Å²) in [4.78, 5) is 16.2. The molecule has 0 N–H and O–H groups in total. The van der Waals surface area contributed by atoms with E-state index in [-0.39, 0.29) is 5.91 Å². The maximum Gasteiger partial charge on any atom is 0.265 e. The lowest BCUT2D eigenvalue weighted by atomic mass is 10.1. The number of fused-ring (bicyclic) bond motifs is 1. The van der Waals surface area contributed by atoms with Crippen molar-refractivity contribution >= 4 is 23.4 Å². The Bertz CT molecular complexity index is 710. The van der Waals surface area contributed by atoms with Crippen LogP contribution in [0.1, 0.15) is 17.3 Å². The van der Waals surface area contributed by atoms with E-state index in [2.05, 4.69) is 13.0 Å². The van der Waals surface area contributed by atoms with Crippen molar-refractivity contribution in [3.63, 3.8) is 0 Å². The van der Waals surface area contributed by atoms with Crippen LogP contribution in [-0.2, 0) is 0 Å². The monoisotopic (exact) mass is 329 g/mol. The van der Waals surface area contributed by atoms with E-state index in [1.54, 1.807) is 38.1 Å². The van der Waals surface area contributed by atoms with Crippen LogP contribution in [0.15, 0.2) is 47.4 Å². The first-order chi connectivity index (χ1) is 11.2. The first-order valence-corrected chi connectivity index (χ1v) is 8.32. The summed E-state index contributed by atoms with van der Waals surface area (Å²) in [5.74, 6) is 0.953. The molecule has 120 valence electrons. The molecule has 0 fully saturated rings. The second kappa shape index (κ2) is 6.54. The molecule has 0 aliphatic carbocycles. The molecule has 3 rings (SSSR count). The number of rotatable bonds is 3. The van der Waals surface area contributed by atoms with Crippen LogP contribution in [0.2, 0.25) is 0 Å². The summed E-state index contributed by atoms with van der Waals surface area (Å²) in [5, 5.41) is 0.328. The van der Waals surface area contributed by atoms with E-state index in [9.17, 15) is 4.79 Å². The number of carbonyl (C=O) groups is 1. The topological polar surface area (TPSA) is 38.8 Å². The lowest BCUT2D eigenvalue weighted by molar-refractivity contribution is 0.0980. The molecule has 0 saturated carbocycles. The Morgan fingerprint density at radius 2 is 1.74 bits per heavy atom. The highest BCUT2D eigenvalue weighted by molar-refractivity contribution is 8.00. The fourth-order valence-electron chi connectivity index (χ4n) is 2.78. The maximum absolute atomic E-state index is 13.2. The van der Waals surface area contributed by atoms with E-state index < -0.39 is 0 Å². The summed E-state index contributed by atoms with van der Waals surface area (Å²) in [7, 11) is 3.13. The number of para-hydroxylation sites is 1. The molecule has 1 aliphatic heterocycles. The highest BCUT2D eigenvalue weighted by Gasteiger charge is 2.30. The summed E-state index contributed by atoms with van der Waals surface area (Å²) < 4.78 is 10.8. The fourth-order valence-corrected chi connectivity index (χ4v) is 3.89. The number of amides is 1. The number of hydrogen-bond acceptors (Lipinski definition) is 4. The molecule has 23 heavy (non-hydrogen) atoms. The normalized spacial score (nSPS) is 16.7. The first-order valence-electron chi connectivity index (χ1n) is 7.44. The molecule has 0 radical (unpaired) electrons. The zero-order valence-corrected chi connectivity index (χ0v) is 14.2. The average molecular weight is 329 g/mol. The third-order valence-electron chi connectivity index (χ3n) is 3.81. The number of thioether (sulfide) groups is 1. The molecule has 1 heterocycles. The van der Waals surface area contributed by atoms with Gasteiger partial charge in [-0.05, 0) is 24.3 Å². The zero-order chi connectivity index (χ0) is 16.4. The molecule has 5 heteroatoms. The van der Waals surface area contributed by atoms with Crippen LogP contribution in [0.4, 0.5) is 5.69 Å². The van der Waals surface area contributed by atoms with Gasteiger partial charge in [-0.15, -0.1) is 11.8 Å². The average Bonchev–Trinajstić information content (AvgIpc) is 2.59. The zero-order valence-electron chi connectivity index (χ0n) is 13.4. The van der Waals surface area contributed by atoms with Gasteiger partial charge in [0.05, 0.1) is 19.9 Å². The number of anilines is 1. The Hall–Kier alpha value is -2.14. The van der Waals surface area contributed by atoms with Crippen molar-refractivity contribution in [1.82, 2.24) is 0 Å². The molecule has 0 bridgehead atoms. The Kier molecular flexibility index (Phi) is 4.48. The lowest BCUT2D eigenvalue weighted by Crippen LogP contribution is -2.38. The summed E-state index contributed by atoms with van der Waals surface area (Å²) in [5.41, 5.74) is 1.40. The van der Waals surface area contributed by atoms with Crippen LogP contribution in [0.3, 0.4) is 0 Å². The Balaban J connectivity index is 2.08. The van der Waals surface area contributed by atoms with Crippen molar-refractivity contribution < 1.29 is 14.3 Å². The van der Waals surface area contributed by atoms with Crippen LogP contribution in [0.25, 0.3) is 0 Å². The second-order valence-electron chi connectivity index (χ2n) is 5.35. The molecule has 2 aromatic rings. The van der Waals surface area contributed by atoms with Gasteiger partial charge in [-0.3, -0.25) is 4.79 Å². The van der Waals surface area contributed by atoms with Crippen LogP contribution >= 0.6 is 11.8 Å². The minimum Gasteiger partial charge on any atom is -0.496 e. The van der Waals surface area contributed by atoms with E-state index in [0.29, 0.717) is 28.9 Å². The Morgan fingerprint density at radius 3 is 2.39 bits per heavy atom. The summed E-state index contributed by atoms with van der Waals surface area (Å²) in [6.45, 7) is 2.78. The van der Waals surface area contributed by atoms with E-state index in [0.717, 1.165) is 10.6 Å². The molecule has 1 amide bonds. The number of nitrogens with zero attached hydrogens (tertiary/aromatic N) is 1. The van der Waals surface area contributed by atoms with Crippen molar-refractivity contribution in [1.29, 1.82) is 0 Å². The SMILES string of the molecule is COc1cccc(OC)c1C(=O)N1CC(C)Sc2ccccc21. The molecule has 2 aromatic carbocycles. The first kappa shape index (κ1) is 15.7. The van der Waals surface area contributed by atoms with E-state index in [1.807, 2.05) is 29.2 Å². The number of methoxy groups -OCH3 is 2. The predicted octanol–water partition coefficient (Wildman–Crippen LogP) is 3.84. The standard InChI is InChI=1S/C18H19NO3S/c1-12-11-19(13-7-4-5-10-16(13)23-12)18(20)17-14(21-2)8-6-9-15(17)22-3/h4-10,12H,11H2,1-3H3. The van der Waals surface area contributed by atoms with E-state index in [1.165, 1.54) is 0 Å². The van der Waals surface area contributed by atoms with Crippen molar-refractivity contribution in [3.05, 3.63) is 48.0 Å². The van der Waals surface area contributed by atoms with Gasteiger partial charge in [0.15, 0.2) is 0 Å². The van der Waals surface area contributed by atoms with Crippen LogP contribution < -0.4 is 14.4 Å². The van der Waals surface area contributed by atoms with Gasteiger partial charge in [-0.25, -0.2) is 0 Å². The van der Waals surface area contributed by atoms with Gasteiger partial charge in [0.1, 0.15) is 17.1 Å². The van der Waals surface area contributed by atoms with E-state index in [4.69, 9.17) is 9.47 Å². The molecule has 0 spiro atoms. The van der Waals surface area contributed by atoms with Gasteiger partial charge in [0.2, 0.25) is 0 Å². The van der Waals surface area contributed by atoms with Crippen LogP contribution in [-0.4, -0.2) is 31.9 Å². The van der Waals surface area contributed by atoms with Crippen molar-refractivity contribution in [2.45, 2.75) is 17.1 Å². The molecule has 4 nitrogen and oxygen atoms in total. The van der Waals surface area contributed by atoms with Gasteiger partial charge in [-0.2, -0.15) is 0 Å². The molecule has 0 saturated heterocycles. The highest BCUT2D eigenvalue weighted by atomic mass is 32.2. The van der Waals surface area contributed by atoms with Crippen molar-refractivity contribution in [2.24, 2.45) is 0 Å². The summed E-state index contributed by atoms with van der Waals surface area (Å²) in [6, 6.07) is 13.4. The number of hydrogen-bond donors (Lipinski definition) is 0. The third kappa shape index (κ3) is 2.88. The number of ether oxygens (including phenoxy) is 2.